The number of para-hydroxylation sites is 1. The summed E-state index contributed by atoms with van der Waals surface area (Å²) in [7, 11) is 0. The number of carbonyl (C=O) groups is 1. The van der Waals surface area contributed by atoms with Gasteiger partial charge in [0.05, 0.1) is 16.8 Å². The van der Waals surface area contributed by atoms with Crippen LogP contribution in [-0.4, -0.2) is 17.4 Å². The van der Waals surface area contributed by atoms with Gasteiger partial charge < -0.3 is 5.32 Å². The van der Waals surface area contributed by atoms with E-state index in [9.17, 15) is 4.79 Å². The van der Waals surface area contributed by atoms with Crippen LogP contribution in [0.1, 0.15) is 74.2 Å². The maximum atomic E-state index is 13.0. The van der Waals surface area contributed by atoms with Crippen molar-refractivity contribution in [3.05, 3.63) is 65.7 Å². The SMILES string of the molecule is CCCCCCCCCCNC(=O)c1cc(-c2cccc(C)c2)nc2ccccc12. The molecular formula is C27H34N2O. The lowest BCUT2D eigenvalue weighted by atomic mass is 10.0. The summed E-state index contributed by atoms with van der Waals surface area (Å²) >= 11 is 0. The minimum Gasteiger partial charge on any atom is -0.352 e. The van der Waals surface area contributed by atoms with E-state index in [1.807, 2.05) is 42.5 Å². The molecule has 3 heteroatoms. The first-order valence-electron chi connectivity index (χ1n) is 11.4. The summed E-state index contributed by atoms with van der Waals surface area (Å²) in [5.41, 5.74) is 4.63. The van der Waals surface area contributed by atoms with Crippen LogP contribution in [0.15, 0.2) is 54.6 Å². The molecule has 0 saturated carbocycles. The number of hydrogen-bond donors (Lipinski definition) is 1. The molecule has 2 aromatic carbocycles. The lowest BCUT2D eigenvalue weighted by Crippen LogP contribution is -2.24. The van der Waals surface area contributed by atoms with Crippen LogP contribution in [0.2, 0.25) is 0 Å². The highest BCUT2D eigenvalue weighted by Crippen LogP contribution is 2.25. The maximum Gasteiger partial charge on any atom is 0.252 e. The number of nitrogens with one attached hydrogen (secondary N) is 1. The summed E-state index contributed by atoms with van der Waals surface area (Å²) < 4.78 is 0. The number of aryl methyl sites for hydroxylation is 1. The molecule has 3 rings (SSSR count). The zero-order chi connectivity index (χ0) is 21.2. The molecule has 0 fully saturated rings. The molecule has 30 heavy (non-hydrogen) atoms. The fourth-order valence-electron chi connectivity index (χ4n) is 3.87. The molecule has 1 heterocycles. The zero-order valence-corrected chi connectivity index (χ0v) is 18.4. The Morgan fingerprint density at radius 3 is 2.37 bits per heavy atom. The van der Waals surface area contributed by atoms with Gasteiger partial charge in [-0.15, -0.1) is 0 Å². The number of nitrogens with zero attached hydrogens (tertiary/aromatic N) is 1. The Balaban J connectivity index is 1.63. The Labute approximate surface area is 180 Å². The van der Waals surface area contributed by atoms with Crippen molar-refractivity contribution < 1.29 is 4.79 Å². The van der Waals surface area contributed by atoms with E-state index >= 15 is 0 Å². The molecule has 0 saturated heterocycles. The van der Waals surface area contributed by atoms with E-state index in [2.05, 4.69) is 31.3 Å². The largest absolute Gasteiger partial charge is 0.352 e. The van der Waals surface area contributed by atoms with Crippen LogP contribution in [0.4, 0.5) is 0 Å². The first kappa shape index (κ1) is 22.0. The molecular weight excluding hydrogens is 368 g/mol. The smallest absolute Gasteiger partial charge is 0.252 e. The number of benzene rings is 2. The predicted octanol–water partition coefficient (Wildman–Crippen LogP) is 7.08. The molecule has 158 valence electrons. The fourth-order valence-corrected chi connectivity index (χ4v) is 3.87. The van der Waals surface area contributed by atoms with E-state index in [1.165, 1.54) is 50.5 Å². The Kier molecular flexibility index (Phi) is 8.43. The lowest BCUT2D eigenvalue weighted by molar-refractivity contribution is 0.0954. The van der Waals surface area contributed by atoms with Gasteiger partial charge in [-0.2, -0.15) is 0 Å². The van der Waals surface area contributed by atoms with Gasteiger partial charge in [0.15, 0.2) is 0 Å². The Morgan fingerprint density at radius 2 is 1.60 bits per heavy atom. The Hall–Kier alpha value is -2.68. The van der Waals surface area contributed by atoms with Crippen molar-refractivity contribution in [2.75, 3.05) is 6.54 Å². The number of rotatable bonds is 11. The molecule has 1 aromatic heterocycles. The fraction of sp³-hybridized carbons (Fsp3) is 0.407. The van der Waals surface area contributed by atoms with Crippen LogP contribution in [0.25, 0.3) is 22.2 Å². The minimum absolute atomic E-state index is 0.00884. The third kappa shape index (κ3) is 6.16. The molecule has 0 aliphatic rings. The second kappa shape index (κ2) is 11.5. The van der Waals surface area contributed by atoms with E-state index in [4.69, 9.17) is 4.98 Å². The number of fused-ring (bicyclic) bond motifs is 1. The molecule has 0 bridgehead atoms. The van der Waals surface area contributed by atoms with Crippen LogP contribution < -0.4 is 5.32 Å². The highest BCUT2D eigenvalue weighted by Gasteiger charge is 2.13. The molecule has 0 aliphatic carbocycles. The summed E-state index contributed by atoms with van der Waals surface area (Å²) in [6.45, 7) is 5.05. The number of hydrogen-bond acceptors (Lipinski definition) is 2. The maximum absolute atomic E-state index is 13.0. The molecule has 3 nitrogen and oxygen atoms in total. The summed E-state index contributed by atoms with van der Waals surface area (Å²) in [6, 6.07) is 18.1. The van der Waals surface area contributed by atoms with Crippen molar-refractivity contribution in [2.45, 2.75) is 65.2 Å². The number of unbranched alkanes of at least 4 members (excludes halogenated alkanes) is 7. The first-order chi connectivity index (χ1) is 14.7. The third-order valence-corrected chi connectivity index (χ3v) is 5.59. The van der Waals surface area contributed by atoms with Crippen molar-refractivity contribution >= 4 is 16.8 Å². The van der Waals surface area contributed by atoms with Crippen molar-refractivity contribution in [3.8, 4) is 11.3 Å². The molecule has 0 atom stereocenters. The molecule has 1 amide bonds. The van der Waals surface area contributed by atoms with Gasteiger partial charge in [-0.3, -0.25) is 4.79 Å². The van der Waals surface area contributed by atoms with Crippen molar-refractivity contribution in [2.24, 2.45) is 0 Å². The quantitative estimate of drug-likeness (QED) is 0.348. The molecule has 0 radical (unpaired) electrons. The Morgan fingerprint density at radius 1 is 0.867 bits per heavy atom. The van der Waals surface area contributed by atoms with Crippen molar-refractivity contribution in [3.63, 3.8) is 0 Å². The summed E-state index contributed by atoms with van der Waals surface area (Å²) in [5, 5.41) is 4.03. The first-order valence-corrected chi connectivity index (χ1v) is 11.4. The zero-order valence-electron chi connectivity index (χ0n) is 18.4. The second-order valence-electron chi connectivity index (χ2n) is 8.17. The summed E-state index contributed by atoms with van der Waals surface area (Å²) in [4.78, 5) is 17.8. The van der Waals surface area contributed by atoms with Crippen LogP contribution in [0.5, 0.6) is 0 Å². The van der Waals surface area contributed by atoms with E-state index < -0.39 is 0 Å². The van der Waals surface area contributed by atoms with Gasteiger partial charge in [0.2, 0.25) is 0 Å². The van der Waals surface area contributed by atoms with Gasteiger partial charge in [-0.05, 0) is 31.5 Å². The van der Waals surface area contributed by atoms with Crippen LogP contribution in [0, 0.1) is 6.92 Å². The van der Waals surface area contributed by atoms with E-state index in [1.54, 1.807) is 0 Å². The van der Waals surface area contributed by atoms with Gasteiger partial charge >= 0.3 is 0 Å². The molecule has 1 N–H and O–H groups in total. The monoisotopic (exact) mass is 402 g/mol. The number of amides is 1. The average Bonchev–Trinajstić information content (AvgIpc) is 2.77. The standard InChI is InChI=1S/C27H34N2O/c1-3-4-5-6-7-8-9-12-18-28-27(30)24-20-26(22-15-13-14-21(2)19-22)29-25-17-11-10-16-23(24)25/h10-11,13-17,19-20H,3-9,12,18H2,1-2H3,(H,28,30). The van der Waals surface area contributed by atoms with Crippen LogP contribution in [-0.2, 0) is 0 Å². The minimum atomic E-state index is -0.00884. The predicted molar refractivity (Wildman–Crippen MR) is 127 cm³/mol. The van der Waals surface area contributed by atoms with E-state index in [-0.39, 0.29) is 5.91 Å². The highest BCUT2D eigenvalue weighted by molar-refractivity contribution is 6.07. The van der Waals surface area contributed by atoms with Crippen molar-refractivity contribution in [1.82, 2.24) is 10.3 Å². The van der Waals surface area contributed by atoms with E-state index in [0.717, 1.165) is 35.1 Å². The number of pyridine rings is 1. The Bertz CT molecular complexity index is 964. The molecule has 0 unspecified atom stereocenters. The van der Waals surface area contributed by atoms with Gasteiger partial charge in [-0.1, -0.05) is 93.8 Å². The summed E-state index contributed by atoms with van der Waals surface area (Å²) in [5.74, 6) is -0.00884. The normalized spacial score (nSPS) is 11.0. The van der Waals surface area contributed by atoms with Gasteiger partial charge in [0, 0.05) is 17.5 Å². The number of aromatic nitrogens is 1. The van der Waals surface area contributed by atoms with Crippen LogP contribution >= 0.6 is 0 Å². The third-order valence-electron chi connectivity index (χ3n) is 5.59. The topological polar surface area (TPSA) is 42.0 Å². The van der Waals surface area contributed by atoms with Crippen LogP contribution in [0.3, 0.4) is 0 Å². The number of carbonyl (C=O) groups excluding carboxylic acids is 1. The highest BCUT2D eigenvalue weighted by atomic mass is 16.1. The second-order valence-corrected chi connectivity index (χ2v) is 8.17. The van der Waals surface area contributed by atoms with Crippen molar-refractivity contribution in [1.29, 1.82) is 0 Å². The molecule has 0 spiro atoms. The van der Waals surface area contributed by atoms with E-state index in [0.29, 0.717) is 5.56 Å². The van der Waals surface area contributed by atoms with Gasteiger partial charge in [-0.25, -0.2) is 4.98 Å². The average molecular weight is 403 g/mol. The van der Waals surface area contributed by atoms with Gasteiger partial charge in [0.1, 0.15) is 0 Å². The summed E-state index contributed by atoms with van der Waals surface area (Å²) in [6.07, 6.45) is 10.1. The molecule has 0 aliphatic heterocycles. The molecule has 3 aromatic rings. The van der Waals surface area contributed by atoms with Gasteiger partial charge in [0.25, 0.3) is 5.91 Å². The lowest BCUT2D eigenvalue weighted by Gasteiger charge is -2.11.